The molecule has 1 aliphatic carbocycles. The number of halogens is 1. The minimum Gasteiger partial charge on any atom is -0.497 e. The Bertz CT molecular complexity index is 1740. The molecule has 47 heavy (non-hydrogen) atoms. The quantitative estimate of drug-likeness (QED) is 0.167. The molecule has 0 unspecified atom stereocenters. The second kappa shape index (κ2) is 15.6. The van der Waals surface area contributed by atoms with Crippen LogP contribution in [0.25, 0.3) is 0 Å². The van der Waals surface area contributed by atoms with Gasteiger partial charge in [0.1, 0.15) is 18.3 Å². The van der Waals surface area contributed by atoms with Gasteiger partial charge in [-0.1, -0.05) is 88.9 Å². The van der Waals surface area contributed by atoms with E-state index in [1.165, 1.54) is 24.1 Å². The van der Waals surface area contributed by atoms with E-state index in [9.17, 15) is 18.0 Å². The van der Waals surface area contributed by atoms with Gasteiger partial charge in [0.05, 0.1) is 17.7 Å². The molecule has 4 aromatic rings. The van der Waals surface area contributed by atoms with Gasteiger partial charge in [0.15, 0.2) is 0 Å². The molecule has 10 heteroatoms. The van der Waals surface area contributed by atoms with Crippen molar-refractivity contribution in [2.24, 2.45) is 0 Å². The highest BCUT2D eigenvalue weighted by Crippen LogP contribution is 2.27. The second-order valence-corrected chi connectivity index (χ2v) is 14.6. The molecular weight excluding hydrogens is 678 g/mol. The summed E-state index contributed by atoms with van der Waals surface area (Å²) in [5, 5.41) is 3.20. The molecule has 8 nitrogen and oxygen atoms in total. The molecule has 2 amide bonds. The van der Waals surface area contributed by atoms with Crippen molar-refractivity contribution in [1.29, 1.82) is 0 Å². The maximum atomic E-state index is 14.6. The van der Waals surface area contributed by atoms with Gasteiger partial charge in [-0.15, -0.1) is 0 Å². The van der Waals surface area contributed by atoms with Crippen molar-refractivity contribution < 1.29 is 22.7 Å². The van der Waals surface area contributed by atoms with Crippen LogP contribution in [0.15, 0.2) is 112 Å². The summed E-state index contributed by atoms with van der Waals surface area (Å²) >= 11 is 3.48. The van der Waals surface area contributed by atoms with Gasteiger partial charge >= 0.3 is 0 Å². The third kappa shape index (κ3) is 8.81. The number of hydrogen-bond acceptors (Lipinski definition) is 5. The molecule has 0 radical (unpaired) electrons. The summed E-state index contributed by atoms with van der Waals surface area (Å²) in [6, 6.07) is 29.4. The number of hydrogen-bond donors (Lipinski definition) is 1. The standard InChI is InChI=1S/C37H40BrN3O5S/c1-27-12-18-32(19-13-27)41(47(44,45)34-22-20-33(46-2)21-23-34)26-36(42)40(25-29-14-16-30(38)17-15-29)35(24-28-8-4-3-5-9-28)37(43)39-31-10-6-7-11-31/h3-5,8-9,12-23,31,35H,6-7,10-11,24-26H2,1-2H3,(H,39,43)/t35-/m1/s1. The highest BCUT2D eigenvalue weighted by Gasteiger charge is 2.35. The van der Waals surface area contributed by atoms with Crippen LogP contribution in [0.1, 0.15) is 42.4 Å². The van der Waals surface area contributed by atoms with Crippen molar-refractivity contribution >= 4 is 43.5 Å². The van der Waals surface area contributed by atoms with Gasteiger partial charge in [-0.2, -0.15) is 0 Å². The predicted octanol–water partition coefficient (Wildman–Crippen LogP) is 6.66. The van der Waals surface area contributed by atoms with Crippen LogP contribution in [0.4, 0.5) is 5.69 Å². The lowest BCUT2D eigenvalue weighted by atomic mass is 10.0. The molecule has 1 saturated carbocycles. The Kier molecular flexibility index (Phi) is 11.4. The number of carbonyl (C=O) groups excluding carboxylic acids is 2. The Hall–Kier alpha value is -4.15. The third-order valence-electron chi connectivity index (χ3n) is 8.49. The van der Waals surface area contributed by atoms with Gasteiger partial charge < -0.3 is 15.0 Å². The summed E-state index contributed by atoms with van der Waals surface area (Å²) < 4.78 is 35.7. The van der Waals surface area contributed by atoms with Gasteiger partial charge in [0.25, 0.3) is 10.0 Å². The molecular formula is C37H40BrN3O5S. The van der Waals surface area contributed by atoms with Gasteiger partial charge in [-0.3, -0.25) is 13.9 Å². The molecule has 0 bridgehead atoms. The fourth-order valence-corrected chi connectivity index (χ4v) is 7.50. The number of aryl methyl sites for hydroxylation is 1. The van der Waals surface area contributed by atoms with E-state index in [4.69, 9.17) is 4.74 Å². The van der Waals surface area contributed by atoms with Gasteiger partial charge in [0, 0.05) is 23.5 Å². The Morgan fingerprint density at radius 1 is 0.872 bits per heavy atom. The molecule has 1 N–H and O–H groups in total. The Morgan fingerprint density at radius 2 is 1.51 bits per heavy atom. The number of rotatable bonds is 13. The smallest absolute Gasteiger partial charge is 0.264 e. The zero-order valence-electron chi connectivity index (χ0n) is 26.6. The zero-order valence-corrected chi connectivity index (χ0v) is 29.0. The van der Waals surface area contributed by atoms with Gasteiger partial charge in [-0.25, -0.2) is 8.42 Å². The summed E-state index contributed by atoms with van der Waals surface area (Å²) in [5.74, 6) is -0.223. The van der Waals surface area contributed by atoms with Crippen LogP contribution in [0.3, 0.4) is 0 Å². The van der Waals surface area contributed by atoms with Crippen LogP contribution >= 0.6 is 15.9 Å². The van der Waals surface area contributed by atoms with Crippen LogP contribution < -0.4 is 14.4 Å². The third-order valence-corrected chi connectivity index (χ3v) is 10.8. The molecule has 0 aliphatic heterocycles. The van der Waals surface area contributed by atoms with Crippen LogP contribution in [-0.2, 0) is 32.6 Å². The van der Waals surface area contributed by atoms with Crippen LogP contribution in [0, 0.1) is 6.92 Å². The minimum absolute atomic E-state index is 0.0194. The molecule has 246 valence electrons. The average Bonchev–Trinajstić information content (AvgIpc) is 3.60. The molecule has 1 atom stereocenters. The molecule has 0 spiro atoms. The van der Waals surface area contributed by atoms with E-state index in [0.29, 0.717) is 11.4 Å². The molecule has 0 aromatic heterocycles. The number of ether oxygens (including phenoxy) is 1. The predicted molar refractivity (Wildman–Crippen MR) is 188 cm³/mol. The Labute approximate surface area is 285 Å². The molecule has 5 rings (SSSR count). The maximum Gasteiger partial charge on any atom is 0.264 e. The molecule has 1 fully saturated rings. The van der Waals surface area contributed by atoms with Crippen molar-refractivity contribution in [3.63, 3.8) is 0 Å². The van der Waals surface area contributed by atoms with E-state index < -0.39 is 28.5 Å². The van der Waals surface area contributed by atoms with Crippen molar-refractivity contribution in [2.75, 3.05) is 18.0 Å². The maximum absolute atomic E-state index is 14.6. The fraction of sp³-hybridized carbons (Fsp3) is 0.297. The number of sulfonamides is 1. The monoisotopic (exact) mass is 717 g/mol. The van der Waals surface area contributed by atoms with Crippen molar-refractivity contribution in [3.8, 4) is 5.75 Å². The SMILES string of the molecule is COc1ccc(S(=O)(=O)N(CC(=O)N(Cc2ccc(Br)cc2)[C@H](Cc2ccccc2)C(=O)NC2CCCC2)c2ccc(C)cc2)cc1. The van der Waals surface area contributed by atoms with Gasteiger partial charge in [-0.05, 0) is 79.4 Å². The van der Waals surface area contributed by atoms with E-state index in [-0.39, 0.29) is 29.8 Å². The lowest BCUT2D eigenvalue weighted by Crippen LogP contribution is -2.54. The molecule has 0 heterocycles. The number of nitrogens with zero attached hydrogens (tertiary/aromatic N) is 2. The number of methoxy groups -OCH3 is 1. The largest absolute Gasteiger partial charge is 0.497 e. The summed E-state index contributed by atoms with van der Waals surface area (Å²) in [4.78, 5) is 30.3. The van der Waals surface area contributed by atoms with E-state index in [0.717, 1.165) is 51.2 Å². The minimum atomic E-state index is -4.20. The lowest BCUT2D eigenvalue weighted by molar-refractivity contribution is -0.140. The number of benzene rings is 4. The topological polar surface area (TPSA) is 96.0 Å². The van der Waals surface area contributed by atoms with Crippen molar-refractivity contribution in [2.45, 2.75) is 62.6 Å². The first-order valence-electron chi connectivity index (χ1n) is 15.8. The summed E-state index contributed by atoms with van der Waals surface area (Å²) in [5.41, 5.74) is 3.01. The fourth-order valence-electron chi connectivity index (χ4n) is 5.82. The number of anilines is 1. The van der Waals surface area contributed by atoms with Crippen molar-refractivity contribution in [1.82, 2.24) is 10.2 Å². The average molecular weight is 719 g/mol. The number of carbonyl (C=O) groups is 2. The van der Waals surface area contributed by atoms with Crippen LogP contribution in [0.2, 0.25) is 0 Å². The first-order valence-corrected chi connectivity index (χ1v) is 18.0. The molecule has 0 saturated heterocycles. The number of nitrogens with one attached hydrogen (secondary N) is 1. The first-order chi connectivity index (χ1) is 22.6. The lowest BCUT2D eigenvalue weighted by Gasteiger charge is -2.34. The summed E-state index contributed by atoms with van der Waals surface area (Å²) in [7, 11) is -2.69. The Balaban J connectivity index is 1.55. The van der Waals surface area contributed by atoms with Crippen LogP contribution in [-0.4, -0.2) is 50.9 Å². The first kappa shape index (κ1) is 34.2. The van der Waals surface area contributed by atoms with E-state index in [2.05, 4.69) is 21.2 Å². The van der Waals surface area contributed by atoms with Crippen LogP contribution in [0.5, 0.6) is 5.75 Å². The Morgan fingerprint density at radius 3 is 2.13 bits per heavy atom. The highest BCUT2D eigenvalue weighted by molar-refractivity contribution is 9.10. The summed E-state index contributed by atoms with van der Waals surface area (Å²) in [6.45, 7) is 1.52. The van der Waals surface area contributed by atoms with Crippen molar-refractivity contribution in [3.05, 3.63) is 124 Å². The highest BCUT2D eigenvalue weighted by atomic mass is 79.9. The molecule has 1 aliphatic rings. The second-order valence-electron chi connectivity index (χ2n) is 11.9. The summed E-state index contributed by atoms with van der Waals surface area (Å²) in [6.07, 6.45) is 4.16. The van der Waals surface area contributed by atoms with E-state index >= 15 is 0 Å². The van der Waals surface area contributed by atoms with E-state index in [1.54, 1.807) is 24.3 Å². The normalized spacial score (nSPS) is 13.9. The number of amides is 2. The van der Waals surface area contributed by atoms with Gasteiger partial charge in [0.2, 0.25) is 11.8 Å². The molecule has 4 aromatic carbocycles. The van der Waals surface area contributed by atoms with E-state index in [1.807, 2.05) is 73.7 Å². The zero-order chi connectivity index (χ0) is 33.4.